The molecule has 0 saturated heterocycles. The van der Waals surface area contributed by atoms with E-state index in [1.807, 2.05) is 6.92 Å². The number of phenols is 1. The largest absolute Gasteiger partial charge is 0.505 e. The van der Waals surface area contributed by atoms with Gasteiger partial charge in [-0.3, -0.25) is 0 Å². The van der Waals surface area contributed by atoms with Crippen LogP contribution in [0.5, 0.6) is 5.75 Å². The average Bonchev–Trinajstić information content (AvgIpc) is 2.54. The molecule has 0 heterocycles. The Bertz CT molecular complexity index is 729. The normalized spacial score (nSPS) is 11.4. The molecule has 24 heavy (non-hydrogen) atoms. The van der Waals surface area contributed by atoms with Crippen LogP contribution in [0.2, 0.25) is 0 Å². The van der Waals surface area contributed by atoms with E-state index in [0.717, 1.165) is 6.54 Å². The highest BCUT2D eigenvalue weighted by Gasteiger charge is 2.04. The summed E-state index contributed by atoms with van der Waals surface area (Å²) in [5.41, 5.74) is 4.39. The van der Waals surface area contributed by atoms with Gasteiger partial charge in [-0.1, -0.05) is 29.8 Å². The molecule has 0 atom stereocenters. The molecule has 0 aliphatic heterocycles. The second kappa shape index (κ2) is 8.34. The molecule has 0 amide bonds. The van der Waals surface area contributed by atoms with E-state index >= 15 is 0 Å². The fourth-order valence-electron chi connectivity index (χ4n) is 2.38. The Balaban J connectivity index is 2.03. The zero-order valence-corrected chi connectivity index (χ0v) is 14.4. The van der Waals surface area contributed by atoms with Gasteiger partial charge >= 0.3 is 0 Å². The summed E-state index contributed by atoms with van der Waals surface area (Å²) >= 11 is 0. The molecule has 0 aliphatic carbocycles. The highest BCUT2D eigenvalue weighted by molar-refractivity contribution is 5.79. The fourth-order valence-corrected chi connectivity index (χ4v) is 2.38. The van der Waals surface area contributed by atoms with E-state index in [1.165, 1.54) is 28.8 Å². The summed E-state index contributed by atoms with van der Waals surface area (Å²) in [6.45, 7) is 7.90. The van der Waals surface area contributed by atoms with Crippen molar-refractivity contribution in [1.82, 2.24) is 10.6 Å². The molecular weight excluding hydrogens is 305 g/mol. The van der Waals surface area contributed by atoms with Gasteiger partial charge in [-0.25, -0.2) is 9.38 Å². The average molecular weight is 329 g/mol. The summed E-state index contributed by atoms with van der Waals surface area (Å²) in [6, 6.07) is 10.7. The van der Waals surface area contributed by atoms with Crippen LogP contribution in [0.4, 0.5) is 4.39 Å². The number of aryl methyl sites for hydroxylation is 2. The highest BCUT2D eigenvalue weighted by Crippen LogP contribution is 2.16. The lowest BCUT2D eigenvalue weighted by atomic mass is 10.1. The number of guanidine groups is 1. The second-order valence-electron chi connectivity index (χ2n) is 5.76. The van der Waals surface area contributed by atoms with Crippen molar-refractivity contribution in [1.29, 1.82) is 0 Å². The van der Waals surface area contributed by atoms with Crippen molar-refractivity contribution in [2.24, 2.45) is 4.99 Å². The van der Waals surface area contributed by atoms with E-state index in [9.17, 15) is 9.50 Å². The predicted molar refractivity (Wildman–Crippen MR) is 95.6 cm³/mol. The molecule has 0 unspecified atom stereocenters. The van der Waals surface area contributed by atoms with Crippen molar-refractivity contribution >= 4 is 5.96 Å². The van der Waals surface area contributed by atoms with Crippen LogP contribution in [-0.2, 0) is 13.1 Å². The van der Waals surface area contributed by atoms with Crippen LogP contribution in [0.15, 0.2) is 41.4 Å². The van der Waals surface area contributed by atoms with Crippen molar-refractivity contribution < 1.29 is 9.50 Å². The SMILES string of the molecule is CCNC(=NCc1ccc(O)c(F)c1)NCc1ccc(C)cc1C. The molecule has 0 bridgehead atoms. The molecule has 0 radical (unpaired) electrons. The number of halogens is 1. The van der Waals surface area contributed by atoms with Gasteiger partial charge in [0.05, 0.1) is 6.54 Å². The molecule has 0 saturated carbocycles. The molecule has 128 valence electrons. The van der Waals surface area contributed by atoms with Crippen LogP contribution in [0.1, 0.15) is 29.2 Å². The third kappa shape index (κ3) is 4.98. The van der Waals surface area contributed by atoms with Gasteiger partial charge in [0.2, 0.25) is 0 Å². The number of hydrogen-bond acceptors (Lipinski definition) is 2. The summed E-state index contributed by atoms with van der Waals surface area (Å²) in [7, 11) is 0. The van der Waals surface area contributed by atoms with Gasteiger partial charge in [0.25, 0.3) is 0 Å². The van der Waals surface area contributed by atoms with Crippen LogP contribution < -0.4 is 10.6 Å². The molecule has 0 fully saturated rings. The fraction of sp³-hybridized carbons (Fsp3) is 0.316. The summed E-state index contributed by atoms with van der Waals surface area (Å²) < 4.78 is 13.4. The minimum Gasteiger partial charge on any atom is -0.505 e. The van der Waals surface area contributed by atoms with Crippen LogP contribution in [0, 0.1) is 19.7 Å². The van der Waals surface area contributed by atoms with Crippen LogP contribution >= 0.6 is 0 Å². The molecule has 4 nitrogen and oxygen atoms in total. The molecule has 3 N–H and O–H groups in total. The van der Waals surface area contributed by atoms with Crippen molar-refractivity contribution in [3.8, 4) is 5.75 Å². The Morgan fingerprint density at radius 3 is 2.58 bits per heavy atom. The smallest absolute Gasteiger partial charge is 0.191 e. The van der Waals surface area contributed by atoms with Crippen LogP contribution in [-0.4, -0.2) is 17.6 Å². The van der Waals surface area contributed by atoms with Crippen LogP contribution in [0.25, 0.3) is 0 Å². The molecule has 0 aliphatic rings. The van der Waals surface area contributed by atoms with E-state index in [2.05, 4.69) is 47.7 Å². The first-order valence-corrected chi connectivity index (χ1v) is 8.05. The van der Waals surface area contributed by atoms with E-state index < -0.39 is 5.82 Å². The lowest BCUT2D eigenvalue weighted by Crippen LogP contribution is -2.36. The van der Waals surface area contributed by atoms with Gasteiger partial charge < -0.3 is 15.7 Å². The quantitative estimate of drug-likeness (QED) is 0.582. The van der Waals surface area contributed by atoms with Crippen molar-refractivity contribution in [2.75, 3.05) is 6.54 Å². The van der Waals surface area contributed by atoms with E-state index in [-0.39, 0.29) is 5.75 Å². The number of aliphatic imine (C=N–C) groups is 1. The summed E-state index contributed by atoms with van der Waals surface area (Å²) in [5, 5.41) is 15.7. The Hall–Kier alpha value is -2.56. The Kier molecular flexibility index (Phi) is 6.18. The summed E-state index contributed by atoms with van der Waals surface area (Å²) in [4.78, 5) is 4.46. The number of nitrogens with one attached hydrogen (secondary N) is 2. The maximum absolute atomic E-state index is 13.4. The van der Waals surface area contributed by atoms with E-state index in [1.54, 1.807) is 6.07 Å². The lowest BCUT2D eigenvalue weighted by Gasteiger charge is -2.13. The highest BCUT2D eigenvalue weighted by atomic mass is 19.1. The van der Waals surface area contributed by atoms with Gasteiger partial charge in [0.1, 0.15) is 0 Å². The third-order valence-corrected chi connectivity index (χ3v) is 3.72. The van der Waals surface area contributed by atoms with Crippen molar-refractivity contribution in [3.05, 3.63) is 64.5 Å². The third-order valence-electron chi connectivity index (χ3n) is 3.72. The van der Waals surface area contributed by atoms with Gasteiger partial charge in [-0.05, 0) is 49.6 Å². The lowest BCUT2D eigenvalue weighted by molar-refractivity contribution is 0.432. The maximum atomic E-state index is 13.4. The van der Waals surface area contributed by atoms with Crippen molar-refractivity contribution in [3.63, 3.8) is 0 Å². The zero-order valence-electron chi connectivity index (χ0n) is 14.4. The van der Waals surface area contributed by atoms with Crippen molar-refractivity contribution in [2.45, 2.75) is 33.9 Å². The number of nitrogens with zero attached hydrogens (tertiary/aromatic N) is 1. The van der Waals surface area contributed by atoms with Gasteiger partial charge in [0, 0.05) is 13.1 Å². The van der Waals surface area contributed by atoms with Gasteiger partial charge in [0.15, 0.2) is 17.5 Å². The number of phenolic OH excluding ortho intramolecular Hbond substituents is 1. The molecule has 2 aromatic carbocycles. The molecule has 5 heteroatoms. The topological polar surface area (TPSA) is 56.7 Å². The summed E-state index contributed by atoms with van der Waals surface area (Å²) in [5.74, 6) is -0.301. The van der Waals surface area contributed by atoms with Gasteiger partial charge in [-0.15, -0.1) is 0 Å². The molecule has 2 aromatic rings. The molecule has 0 spiro atoms. The monoisotopic (exact) mass is 329 g/mol. The second-order valence-corrected chi connectivity index (χ2v) is 5.76. The molecule has 2 rings (SSSR count). The first-order chi connectivity index (χ1) is 11.5. The number of hydrogen-bond donors (Lipinski definition) is 3. The summed E-state index contributed by atoms with van der Waals surface area (Å²) in [6.07, 6.45) is 0. The Morgan fingerprint density at radius 2 is 1.92 bits per heavy atom. The van der Waals surface area contributed by atoms with E-state index in [4.69, 9.17) is 0 Å². The Morgan fingerprint density at radius 1 is 1.12 bits per heavy atom. The standard InChI is InChI=1S/C19H24FN3O/c1-4-21-19(22-11-15-6-8-18(24)17(20)10-15)23-12-16-7-5-13(2)9-14(16)3/h5-10,24H,4,11-12H2,1-3H3,(H2,21,22,23). The number of benzene rings is 2. The number of aromatic hydroxyl groups is 1. The Labute approximate surface area is 142 Å². The first-order valence-electron chi connectivity index (χ1n) is 8.05. The van der Waals surface area contributed by atoms with Crippen LogP contribution in [0.3, 0.4) is 0 Å². The first kappa shape index (κ1) is 17.8. The zero-order chi connectivity index (χ0) is 17.5. The number of rotatable bonds is 5. The minimum atomic E-state index is -0.629. The predicted octanol–water partition coefficient (Wildman–Crippen LogP) is 3.40. The minimum absolute atomic E-state index is 0.333. The van der Waals surface area contributed by atoms with E-state index in [0.29, 0.717) is 24.6 Å². The molecule has 0 aromatic heterocycles. The maximum Gasteiger partial charge on any atom is 0.191 e. The van der Waals surface area contributed by atoms with Gasteiger partial charge in [-0.2, -0.15) is 0 Å². The molecular formula is C19H24FN3O.